The van der Waals surface area contributed by atoms with Crippen LogP contribution >= 0.6 is 0 Å². The predicted octanol–water partition coefficient (Wildman–Crippen LogP) is 0.643. The highest BCUT2D eigenvalue weighted by molar-refractivity contribution is 5.33. The molecule has 1 aromatic rings. The third kappa shape index (κ3) is 9.25. The summed E-state index contributed by atoms with van der Waals surface area (Å²) in [5, 5.41) is 14.8. The monoisotopic (exact) mass is 331 g/mol. The quantitative estimate of drug-likeness (QED) is 0.295. The summed E-state index contributed by atoms with van der Waals surface area (Å²) in [6.07, 6.45) is 1.38. The van der Waals surface area contributed by atoms with Gasteiger partial charge in [0.1, 0.15) is 5.65 Å². The van der Waals surface area contributed by atoms with Gasteiger partial charge in [0.25, 0.3) is 5.69 Å². The molecule has 0 spiro atoms. The molecule has 0 bridgehead atoms. The third-order valence-electron chi connectivity index (χ3n) is 3.19. The summed E-state index contributed by atoms with van der Waals surface area (Å²) in [6.45, 7) is 4.66. The average Bonchev–Trinajstić information content (AvgIpc) is 2.64. The Morgan fingerprint density at radius 1 is 1.17 bits per heavy atom. The Kier molecular flexibility index (Phi) is 7.20. The second kappa shape index (κ2) is 12.0. The lowest BCUT2D eigenvalue weighted by molar-refractivity contribution is -0.384. The first kappa shape index (κ1) is 13.9. The molecule has 130 valence electrons. The van der Waals surface area contributed by atoms with E-state index < -0.39 is 4.92 Å². The van der Waals surface area contributed by atoms with Crippen LogP contribution < -0.4 is 21.7 Å². The lowest BCUT2D eigenvalue weighted by Gasteiger charge is -2.13. The molecule has 0 amide bonds. The summed E-state index contributed by atoms with van der Waals surface area (Å²) in [4.78, 5) is 10.2. The fourth-order valence-electron chi connectivity index (χ4n) is 2.01. The van der Waals surface area contributed by atoms with Gasteiger partial charge in [0, 0.05) is 50.9 Å². The highest BCUT2D eigenvalue weighted by Gasteiger charge is 2.07. The highest BCUT2D eigenvalue weighted by atomic mass is 16.6. The van der Waals surface area contributed by atoms with Crippen LogP contribution in [0.25, 0.3) is 0 Å². The number of rotatable bonds is 14. The molecule has 23 heavy (non-hydrogen) atoms. The number of non-ortho nitro benzene ring substituents is 1. The first-order chi connectivity index (χ1) is 12.8. The van der Waals surface area contributed by atoms with Crippen molar-refractivity contribution in [1.29, 1.82) is 0 Å². The molecule has 1 rings (SSSR count). The van der Waals surface area contributed by atoms with Gasteiger partial charge in [0.15, 0.2) is 0 Å². The molecule has 7 heteroatoms. The average molecular weight is 331 g/mol. The molecule has 5 N–H and O–H groups in total. The maximum Gasteiger partial charge on any atom is 0.269 e. The van der Waals surface area contributed by atoms with E-state index in [1.54, 1.807) is 12.1 Å². The summed E-state index contributed by atoms with van der Waals surface area (Å²) >= 11 is 0. The standard InChI is InChI=1S/C16H29N5O2/c1-2-7-18-8-9-19-10-11-20-13-15(17)12-14-3-5-16(6-4-14)21(22)23/h3-6,15,18-20H,2,7-13,17H2,1H3/i/hT4. The molecule has 0 radical (unpaired) electrons. The van der Waals surface area contributed by atoms with E-state index in [4.69, 9.17) is 5.65 Å². The van der Waals surface area contributed by atoms with E-state index in [9.17, 15) is 10.1 Å². The first-order valence-corrected chi connectivity index (χ1v) is 7.97. The highest BCUT2D eigenvalue weighted by Crippen LogP contribution is 2.12. The van der Waals surface area contributed by atoms with Crippen LogP contribution in [0.5, 0.6) is 0 Å². The minimum atomic E-state index is -0.454. The van der Waals surface area contributed by atoms with E-state index in [-0.39, 0.29) is 11.7 Å². The normalized spacial score (nSPS) is 15.3. The van der Waals surface area contributed by atoms with E-state index in [0.29, 0.717) is 45.7 Å². The molecule has 0 heterocycles. The van der Waals surface area contributed by atoms with Gasteiger partial charge < -0.3 is 21.7 Å². The lowest BCUT2D eigenvalue weighted by Crippen LogP contribution is -2.39. The number of nitrogens with zero attached hydrogens (tertiary/aromatic N) is 1. The van der Waals surface area contributed by atoms with E-state index in [0.717, 1.165) is 12.0 Å². The minimum absolute atomic E-state index is 0.0250. The Labute approximate surface area is 144 Å². The molecule has 0 aliphatic rings. The van der Waals surface area contributed by atoms with Crippen LogP contribution in [-0.2, 0) is 6.42 Å². The molecule has 1 unspecified atom stereocenters. The Bertz CT molecular complexity index is 552. The maximum atomic E-state index is 10.7. The van der Waals surface area contributed by atoms with Crippen molar-refractivity contribution in [1.82, 2.24) is 15.9 Å². The van der Waals surface area contributed by atoms with Crippen LogP contribution in [0.1, 0.15) is 18.9 Å². The van der Waals surface area contributed by atoms with Gasteiger partial charge in [-0.1, -0.05) is 19.1 Å². The number of nitrogens with two attached hydrogens (primary N) is 1. The zero-order valence-electron chi connectivity index (χ0n) is 17.6. The lowest BCUT2D eigenvalue weighted by atomic mass is 10.1. The van der Waals surface area contributed by atoms with Gasteiger partial charge in [0.2, 0.25) is 0 Å². The van der Waals surface area contributed by atoms with Crippen molar-refractivity contribution in [2.24, 2.45) is 5.73 Å². The first-order valence-electron chi connectivity index (χ1n) is 9.81. The number of hydrogen-bond acceptors (Lipinski definition) is 6. The fraction of sp³-hybridized carbons (Fsp3) is 0.625. The molecule has 7 nitrogen and oxygen atoms in total. The van der Waals surface area contributed by atoms with Crippen molar-refractivity contribution in [3.8, 4) is 0 Å². The fourth-order valence-corrected chi connectivity index (χ4v) is 2.01. The van der Waals surface area contributed by atoms with E-state index in [2.05, 4.69) is 5.73 Å². The van der Waals surface area contributed by atoms with E-state index in [1.807, 2.05) is 6.92 Å². The number of hydrogen-bond donors (Lipinski definition) is 4. The van der Waals surface area contributed by atoms with Crippen LogP contribution in [0.15, 0.2) is 24.3 Å². The molecule has 0 aromatic heterocycles. The van der Waals surface area contributed by atoms with Crippen molar-refractivity contribution < 1.29 is 10.6 Å². The van der Waals surface area contributed by atoms with Gasteiger partial charge in [-0.05, 0) is 24.9 Å². The summed E-state index contributed by atoms with van der Waals surface area (Å²) in [7, 11) is 0. The zero-order valence-corrected chi connectivity index (χ0v) is 13.6. The molecule has 0 saturated heterocycles. The van der Waals surface area contributed by atoms with Crippen LogP contribution in [0.4, 0.5) is 5.69 Å². The van der Waals surface area contributed by atoms with Crippen LogP contribution in [-0.4, -0.2) is 50.2 Å². The summed E-state index contributed by atoms with van der Waals surface area (Å²) in [5.41, 5.74) is 3.30. The van der Waals surface area contributed by atoms with Gasteiger partial charge in [-0.2, -0.15) is 0 Å². The molecule has 0 saturated carbocycles. The molecular weight excluding hydrogens is 294 g/mol. The number of benzene rings is 1. The van der Waals surface area contributed by atoms with Crippen LogP contribution in [0.2, 0.25) is 5.65 Å². The van der Waals surface area contributed by atoms with E-state index >= 15 is 0 Å². The van der Waals surface area contributed by atoms with Crippen molar-refractivity contribution in [3.63, 3.8) is 0 Å². The number of nitrogens with one attached hydrogen (secondary N) is 3. The Hall–Kier alpha value is -1.54. The third-order valence-corrected chi connectivity index (χ3v) is 3.19. The molecule has 0 fully saturated rings. The number of nitro benzene ring substituents is 1. The van der Waals surface area contributed by atoms with Gasteiger partial charge in [-0.25, -0.2) is 0 Å². The Morgan fingerprint density at radius 2 is 1.78 bits per heavy atom. The molecule has 0 aliphatic heterocycles. The minimum Gasteiger partial charge on any atom is -0.326 e. The van der Waals surface area contributed by atoms with Crippen molar-refractivity contribution in [2.75, 3.05) is 39.3 Å². The second-order valence-corrected chi connectivity index (χ2v) is 5.30. The van der Waals surface area contributed by atoms with Crippen LogP contribution in [0.3, 0.4) is 0 Å². The second-order valence-electron chi connectivity index (χ2n) is 5.30. The summed E-state index contributed by atoms with van der Waals surface area (Å²) in [5.74, 6) is 0. The Morgan fingerprint density at radius 3 is 2.35 bits per heavy atom. The topological polar surface area (TPSA) is 105 Å². The van der Waals surface area contributed by atoms with Gasteiger partial charge in [0.05, 0.1) is 4.92 Å². The van der Waals surface area contributed by atoms with Crippen LogP contribution in [0, 0.1) is 10.1 Å². The Balaban J connectivity index is 2.35. The maximum absolute atomic E-state index is 10.7. The predicted molar refractivity (Wildman–Crippen MR) is 93.7 cm³/mol. The van der Waals surface area contributed by atoms with Gasteiger partial charge in [-0.3, -0.25) is 10.1 Å². The van der Waals surface area contributed by atoms with E-state index in [1.165, 1.54) is 28.1 Å². The number of nitro groups is 1. The SMILES string of the molecule is [3H]NC(Cc1ccc([N+](=O)[O-])cc1)CN([3H])CCN([3H])CCN([3H])CCC. The summed E-state index contributed by atoms with van der Waals surface area (Å²) in [6, 6.07) is 5.88. The zero-order chi connectivity index (χ0) is 20.2. The summed E-state index contributed by atoms with van der Waals surface area (Å²) < 4.78 is 31.0. The van der Waals surface area contributed by atoms with Gasteiger partial charge >= 0.3 is 0 Å². The molecular formula is C16H29N5O2. The molecule has 1 aromatic carbocycles. The molecule has 0 aliphatic carbocycles. The molecule has 1 atom stereocenters. The van der Waals surface area contributed by atoms with Gasteiger partial charge in [-0.15, -0.1) is 0 Å². The smallest absolute Gasteiger partial charge is 0.269 e. The largest absolute Gasteiger partial charge is 0.326 e. The van der Waals surface area contributed by atoms with Crippen molar-refractivity contribution in [2.45, 2.75) is 25.8 Å². The van der Waals surface area contributed by atoms with Crippen molar-refractivity contribution >= 4 is 5.69 Å². The van der Waals surface area contributed by atoms with Crippen molar-refractivity contribution in [3.05, 3.63) is 39.9 Å².